The number of likely N-dealkylation sites (N-methyl/N-ethyl adjacent to an activating group) is 1. The predicted octanol–water partition coefficient (Wildman–Crippen LogP) is 2.65. The number of nitrogens with two attached hydrogens (primary N) is 1. The smallest absolute Gasteiger partial charge is 0.119 e. The van der Waals surface area contributed by atoms with E-state index in [1.807, 2.05) is 24.3 Å². The zero-order valence-electron chi connectivity index (χ0n) is 12.0. The maximum absolute atomic E-state index is 5.79. The Morgan fingerprint density at radius 2 is 2.00 bits per heavy atom. The molecule has 3 heteroatoms. The van der Waals surface area contributed by atoms with Gasteiger partial charge in [-0.25, -0.2) is 0 Å². The van der Waals surface area contributed by atoms with Gasteiger partial charge in [0.05, 0.1) is 0 Å². The highest BCUT2D eigenvalue weighted by molar-refractivity contribution is 5.27. The van der Waals surface area contributed by atoms with Gasteiger partial charge in [-0.3, -0.25) is 4.90 Å². The molecule has 0 heterocycles. The van der Waals surface area contributed by atoms with E-state index in [-0.39, 0.29) is 0 Å². The molecule has 0 amide bonds. The molecule has 0 spiro atoms. The van der Waals surface area contributed by atoms with Gasteiger partial charge < -0.3 is 10.5 Å². The second-order valence-corrected chi connectivity index (χ2v) is 5.39. The van der Waals surface area contributed by atoms with Crippen LogP contribution in [0.5, 0.6) is 5.75 Å². The number of ether oxygens (including phenoxy) is 1. The summed E-state index contributed by atoms with van der Waals surface area (Å²) in [7, 11) is 0. The first-order valence-corrected chi connectivity index (χ1v) is 7.46. The largest absolute Gasteiger partial charge is 0.492 e. The van der Waals surface area contributed by atoms with Gasteiger partial charge in [0.15, 0.2) is 0 Å². The van der Waals surface area contributed by atoms with Crippen molar-refractivity contribution in [3.63, 3.8) is 0 Å². The van der Waals surface area contributed by atoms with Crippen LogP contribution in [-0.2, 0) is 6.54 Å². The lowest BCUT2D eigenvalue weighted by atomic mass is 9.85. The van der Waals surface area contributed by atoms with Crippen LogP contribution in [0.15, 0.2) is 24.3 Å². The Kier molecular flexibility index (Phi) is 5.67. The van der Waals surface area contributed by atoms with Gasteiger partial charge in [-0.05, 0) is 43.0 Å². The van der Waals surface area contributed by atoms with Crippen LogP contribution in [0.3, 0.4) is 0 Å². The quantitative estimate of drug-likeness (QED) is 0.782. The maximum atomic E-state index is 5.79. The minimum atomic E-state index is 0.589. The third-order valence-corrected chi connectivity index (χ3v) is 4.02. The van der Waals surface area contributed by atoms with Crippen LogP contribution in [0.25, 0.3) is 0 Å². The monoisotopic (exact) mass is 262 g/mol. The second-order valence-electron chi connectivity index (χ2n) is 5.39. The summed E-state index contributed by atoms with van der Waals surface area (Å²) in [6.45, 7) is 6.96. The molecule has 106 valence electrons. The number of benzene rings is 1. The Balaban J connectivity index is 1.68. The van der Waals surface area contributed by atoms with Gasteiger partial charge in [0, 0.05) is 19.6 Å². The van der Waals surface area contributed by atoms with Crippen molar-refractivity contribution in [3.8, 4) is 5.75 Å². The molecule has 3 nitrogen and oxygen atoms in total. The summed E-state index contributed by atoms with van der Waals surface area (Å²) >= 11 is 0. The highest BCUT2D eigenvalue weighted by Crippen LogP contribution is 2.26. The van der Waals surface area contributed by atoms with Crippen LogP contribution in [0.4, 0.5) is 0 Å². The van der Waals surface area contributed by atoms with Crippen LogP contribution in [-0.4, -0.2) is 31.1 Å². The number of hydrogen-bond acceptors (Lipinski definition) is 3. The molecular weight excluding hydrogens is 236 g/mol. The zero-order chi connectivity index (χ0) is 13.5. The molecule has 0 bridgehead atoms. The van der Waals surface area contributed by atoms with Crippen molar-refractivity contribution in [2.45, 2.75) is 32.7 Å². The third-order valence-electron chi connectivity index (χ3n) is 4.02. The molecular formula is C16H26N2O. The van der Waals surface area contributed by atoms with E-state index in [2.05, 4.69) is 11.8 Å². The molecule has 0 atom stereocenters. The number of rotatable bonds is 8. The van der Waals surface area contributed by atoms with Gasteiger partial charge in [-0.1, -0.05) is 25.5 Å². The van der Waals surface area contributed by atoms with E-state index in [0.29, 0.717) is 6.54 Å². The Morgan fingerprint density at radius 1 is 1.26 bits per heavy atom. The molecule has 1 aromatic carbocycles. The van der Waals surface area contributed by atoms with Crippen LogP contribution in [0.2, 0.25) is 0 Å². The highest BCUT2D eigenvalue weighted by Gasteiger charge is 2.19. The fourth-order valence-corrected chi connectivity index (χ4v) is 2.43. The Hall–Kier alpha value is -1.06. The summed E-state index contributed by atoms with van der Waals surface area (Å²) in [5.74, 6) is 1.88. The van der Waals surface area contributed by atoms with Crippen LogP contribution in [0.1, 0.15) is 31.7 Å². The minimum Gasteiger partial charge on any atom is -0.492 e. The highest BCUT2D eigenvalue weighted by atomic mass is 16.5. The molecule has 2 rings (SSSR count). The van der Waals surface area contributed by atoms with Crippen molar-refractivity contribution >= 4 is 0 Å². The molecule has 0 unspecified atom stereocenters. The predicted molar refractivity (Wildman–Crippen MR) is 79.3 cm³/mol. The van der Waals surface area contributed by atoms with E-state index >= 15 is 0 Å². The molecule has 1 saturated carbocycles. The van der Waals surface area contributed by atoms with Gasteiger partial charge in [0.25, 0.3) is 0 Å². The SMILES string of the molecule is CCN(CCOc1ccc(CN)cc1)CC1CCC1. The van der Waals surface area contributed by atoms with Gasteiger partial charge in [0.1, 0.15) is 12.4 Å². The van der Waals surface area contributed by atoms with Crippen molar-refractivity contribution < 1.29 is 4.74 Å². The van der Waals surface area contributed by atoms with E-state index in [1.165, 1.54) is 25.8 Å². The molecule has 1 aliphatic carbocycles. The molecule has 0 aromatic heterocycles. The summed E-state index contributed by atoms with van der Waals surface area (Å²) in [5.41, 5.74) is 6.72. The average Bonchev–Trinajstić information content (AvgIpc) is 2.41. The molecule has 19 heavy (non-hydrogen) atoms. The van der Waals surface area contributed by atoms with E-state index in [4.69, 9.17) is 10.5 Å². The van der Waals surface area contributed by atoms with Crippen molar-refractivity contribution in [1.82, 2.24) is 4.90 Å². The van der Waals surface area contributed by atoms with Crippen LogP contribution in [0, 0.1) is 5.92 Å². The second kappa shape index (κ2) is 7.51. The normalized spacial score (nSPS) is 15.5. The van der Waals surface area contributed by atoms with Gasteiger partial charge in [0.2, 0.25) is 0 Å². The molecule has 1 aromatic rings. The van der Waals surface area contributed by atoms with Crippen molar-refractivity contribution in [3.05, 3.63) is 29.8 Å². The summed E-state index contributed by atoms with van der Waals surface area (Å²) in [4.78, 5) is 2.50. The van der Waals surface area contributed by atoms with Gasteiger partial charge in [-0.2, -0.15) is 0 Å². The lowest BCUT2D eigenvalue weighted by Gasteiger charge is -2.31. The fourth-order valence-electron chi connectivity index (χ4n) is 2.43. The van der Waals surface area contributed by atoms with Crippen molar-refractivity contribution in [2.75, 3.05) is 26.2 Å². The van der Waals surface area contributed by atoms with Crippen LogP contribution >= 0.6 is 0 Å². The lowest BCUT2D eigenvalue weighted by Crippen LogP contribution is -2.35. The van der Waals surface area contributed by atoms with Gasteiger partial charge in [-0.15, -0.1) is 0 Å². The summed E-state index contributed by atoms with van der Waals surface area (Å²) in [5, 5.41) is 0. The molecule has 0 saturated heterocycles. The molecule has 0 radical (unpaired) electrons. The van der Waals surface area contributed by atoms with E-state index in [9.17, 15) is 0 Å². The van der Waals surface area contributed by atoms with Crippen molar-refractivity contribution in [1.29, 1.82) is 0 Å². The maximum Gasteiger partial charge on any atom is 0.119 e. The first-order chi connectivity index (χ1) is 9.31. The van der Waals surface area contributed by atoms with E-state index in [1.54, 1.807) is 0 Å². The molecule has 2 N–H and O–H groups in total. The van der Waals surface area contributed by atoms with Gasteiger partial charge >= 0.3 is 0 Å². The summed E-state index contributed by atoms with van der Waals surface area (Å²) < 4.78 is 5.79. The van der Waals surface area contributed by atoms with Crippen LogP contribution < -0.4 is 10.5 Å². The lowest BCUT2D eigenvalue weighted by molar-refractivity contribution is 0.158. The zero-order valence-corrected chi connectivity index (χ0v) is 12.0. The summed E-state index contributed by atoms with van der Waals surface area (Å²) in [6.07, 6.45) is 4.25. The number of hydrogen-bond donors (Lipinski definition) is 1. The topological polar surface area (TPSA) is 38.5 Å². The molecule has 0 aliphatic heterocycles. The first kappa shape index (κ1) is 14.4. The Morgan fingerprint density at radius 3 is 2.53 bits per heavy atom. The summed E-state index contributed by atoms with van der Waals surface area (Å²) in [6, 6.07) is 8.07. The Labute approximate surface area is 116 Å². The molecule has 1 fully saturated rings. The van der Waals surface area contributed by atoms with E-state index < -0.39 is 0 Å². The average molecular weight is 262 g/mol. The fraction of sp³-hybridized carbons (Fsp3) is 0.625. The first-order valence-electron chi connectivity index (χ1n) is 7.46. The minimum absolute atomic E-state index is 0.589. The third kappa shape index (κ3) is 4.51. The molecule has 1 aliphatic rings. The van der Waals surface area contributed by atoms with E-state index in [0.717, 1.165) is 36.9 Å². The standard InChI is InChI=1S/C16H26N2O/c1-2-18(13-15-4-3-5-15)10-11-19-16-8-6-14(12-17)7-9-16/h6-9,15H,2-5,10-13,17H2,1H3. The number of nitrogens with zero attached hydrogens (tertiary/aromatic N) is 1. The Bertz CT molecular complexity index is 360. The van der Waals surface area contributed by atoms with Crippen molar-refractivity contribution in [2.24, 2.45) is 11.7 Å².